The molecule has 1 aromatic heterocycles. The predicted molar refractivity (Wildman–Crippen MR) is 104 cm³/mol. The second-order valence-electron chi connectivity index (χ2n) is 5.68. The molecule has 0 bridgehead atoms. The lowest BCUT2D eigenvalue weighted by atomic mass is 10.2. The molecule has 2 heterocycles. The van der Waals surface area contributed by atoms with Gasteiger partial charge in [-0.05, 0) is 54.2 Å². The number of halogens is 2. The van der Waals surface area contributed by atoms with Gasteiger partial charge in [-0.3, -0.25) is 9.59 Å². The zero-order chi connectivity index (χ0) is 19.0. The summed E-state index contributed by atoms with van der Waals surface area (Å²) in [6, 6.07) is 16.3. The van der Waals surface area contributed by atoms with E-state index in [1.165, 1.54) is 18.2 Å². The Balaban J connectivity index is 1.61. The number of benzene rings is 2. The third kappa shape index (κ3) is 3.41. The van der Waals surface area contributed by atoms with Crippen LogP contribution in [0.3, 0.4) is 0 Å². The van der Waals surface area contributed by atoms with Crippen LogP contribution in [0.25, 0.3) is 17.4 Å². The Morgan fingerprint density at radius 1 is 1.04 bits per heavy atom. The van der Waals surface area contributed by atoms with Crippen LogP contribution in [0.5, 0.6) is 0 Å². The summed E-state index contributed by atoms with van der Waals surface area (Å²) in [4.78, 5) is 26.2. The first-order chi connectivity index (χ1) is 13.0. The summed E-state index contributed by atoms with van der Waals surface area (Å²) in [5.74, 6) is -0.0322. The predicted octanol–water partition coefficient (Wildman–Crippen LogP) is 5.98. The summed E-state index contributed by atoms with van der Waals surface area (Å²) in [5.41, 5.74) is 1.13. The number of carbonyl (C=O) groups excluding carboxylic acids is 2. The Morgan fingerprint density at radius 2 is 1.81 bits per heavy atom. The Hall–Kier alpha value is -2.83. The molecule has 0 atom stereocenters. The number of carbonyl (C=O) groups is 2. The fraction of sp³-hybridized carbons (Fsp3) is 0. The molecule has 1 aliphatic heterocycles. The zero-order valence-electron chi connectivity index (χ0n) is 13.7. The molecule has 0 saturated carbocycles. The summed E-state index contributed by atoms with van der Waals surface area (Å²) in [6.45, 7) is 0. The van der Waals surface area contributed by atoms with E-state index >= 15 is 0 Å². The van der Waals surface area contributed by atoms with Crippen molar-refractivity contribution in [3.63, 3.8) is 0 Å². The maximum Gasteiger partial charge on any atom is 0.298 e. The molecule has 0 unspecified atom stereocenters. The van der Waals surface area contributed by atoms with E-state index in [1.807, 2.05) is 6.07 Å². The highest BCUT2D eigenvalue weighted by Crippen LogP contribution is 2.36. The quantitative estimate of drug-likeness (QED) is 0.508. The molecular weight excluding hydrogens is 389 g/mol. The van der Waals surface area contributed by atoms with E-state index in [0.717, 1.165) is 16.7 Å². The molecule has 0 spiro atoms. The van der Waals surface area contributed by atoms with Gasteiger partial charge in [-0.2, -0.15) is 0 Å². The first-order valence-corrected chi connectivity index (χ1v) is 9.10. The number of hydrogen-bond acceptors (Lipinski definition) is 4. The van der Waals surface area contributed by atoms with Gasteiger partial charge in [0.1, 0.15) is 17.3 Å². The number of furan rings is 1. The molecular formula is C20H11ClFNO3S. The number of rotatable bonds is 3. The maximum absolute atomic E-state index is 13.3. The SMILES string of the molecule is O=C1S/C(=C/c2ccc(-c3ccc(F)c(Cl)c3)o2)C(=O)N1c1ccccc1. The van der Waals surface area contributed by atoms with Crippen molar-refractivity contribution in [2.45, 2.75) is 0 Å². The van der Waals surface area contributed by atoms with E-state index in [1.54, 1.807) is 42.5 Å². The van der Waals surface area contributed by atoms with Crippen molar-refractivity contribution in [2.24, 2.45) is 0 Å². The molecule has 134 valence electrons. The van der Waals surface area contributed by atoms with E-state index < -0.39 is 11.7 Å². The largest absolute Gasteiger partial charge is 0.457 e. The second kappa shape index (κ2) is 7.06. The minimum atomic E-state index is -0.512. The number of nitrogens with zero attached hydrogens (tertiary/aromatic N) is 1. The molecule has 4 nitrogen and oxygen atoms in total. The van der Waals surface area contributed by atoms with Gasteiger partial charge >= 0.3 is 0 Å². The van der Waals surface area contributed by atoms with Crippen LogP contribution >= 0.6 is 23.4 Å². The monoisotopic (exact) mass is 399 g/mol. The van der Waals surface area contributed by atoms with E-state index in [0.29, 0.717) is 22.8 Å². The van der Waals surface area contributed by atoms with Crippen molar-refractivity contribution < 1.29 is 18.4 Å². The smallest absolute Gasteiger partial charge is 0.298 e. The van der Waals surface area contributed by atoms with Crippen LogP contribution in [-0.2, 0) is 4.79 Å². The lowest BCUT2D eigenvalue weighted by Gasteiger charge is -2.11. The molecule has 2 aromatic carbocycles. The minimum absolute atomic E-state index is 0.00516. The minimum Gasteiger partial charge on any atom is -0.457 e. The summed E-state index contributed by atoms with van der Waals surface area (Å²) < 4.78 is 19.0. The van der Waals surface area contributed by atoms with Gasteiger partial charge in [-0.15, -0.1) is 0 Å². The number of imide groups is 1. The van der Waals surface area contributed by atoms with E-state index in [-0.39, 0.29) is 15.2 Å². The van der Waals surface area contributed by atoms with Crippen molar-refractivity contribution in [3.05, 3.63) is 82.2 Å². The lowest BCUT2D eigenvalue weighted by molar-refractivity contribution is -0.113. The van der Waals surface area contributed by atoms with Crippen molar-refractivity contribution in [1.82, 2.24) is 0 Å². The van der Waals surface area contributed by atoms with Gasteiger partial charge in [0.15, 0.2) is 0 Å². The van der Waals surface area contributed by atoms with Gasteiger partial charge in [0, 0.05) is 11.6 Å². The Morgan fingerprint density at radius 3 is 2.56 bits per heavy atom. The van der Waals surface area contributed by atoms with Gasteiger partial charge in [-0.1, -0.05) is 29.8 Å². The first kappa shape index (κ1) is 17.6. The van der Waals surface area contributed by atoms with Crippen LogP contribution < -0.4 is 4.90 Å². The van der Waals surface area contributed by atoms with Crippen LogP contribution in [0, 0.1) is 5.82 Å². The standard InChI is InChI=1S/C20H11ClFNO3S/c21-15-10-12(6-8-16(15)22)17-9-7-14(26-17)11-18-19(24)23(20(25)27-18)13-4-2-1-3-5-13/h1-11H/b18-11+. The van der Waals surface area contributed by atoms with Crippen molar-refractivity contribution in [2.75, 3.05) is 4.90 Å². The molecule has 4 rings (SSSR count). The van der Waals surface area contributed by atoms with Crippen LogP contribution in [0.15, 0.2) is 70.0 Å². The van der Waals surface area contributed by atoms with Crippen LogP contribution in [-0.4, -0.2) is 11.1 Å². The fourth-order valence-corrected chi connectivity index (χ4v) is 3.63. The second-order valence-corrected chi connectivity index (χ2v) is 7.08. The Kier molecular flexibility index (Phi) is 4.59. The van der Waals surface area contributed by atoms with Crippen LogP contribution in [0.1, 0.15) is 5.76 Å². The molecule has 0 N–H and O–H groups in total. The molecule has 0 aliphatic carbocycles. The van der Waals surface area contributed by atoms with Gasteiger partial charge < -0.3 is 4.42 Å². The topological polar surface area (TPSA) is 50.5 Å². The lowest BCUT2D eigenvalue weighted by Crippen LogP contribution is -2.27. The molecule has 0 radical (unpaired) electrons. The molecule has 3 aromatic rings. The third-order valence-electron chi connectivity index (χ3n) is 3.91. The molecule has 2 amide bonds. The van der Waals surface area contributed by atoms with Gasteiger partial charge in [0.05, 0.1) is 15.6 Å². The van der Waals surface area contributed by atoms with Gasteiger partial charge in [0.25, 0.3) is 11.1 Å². The molecule has 1 aliphatic rings. The molecule has 7 heteroatoms. The number of thioether (sulfide) groups is 1. The molecule has 1 saturated heterocycles. The fourth-order valence-electron chi connectivity index (χ4n) is 2.63. The normalized spacial score (nSPS) is 15.8. The van der Waals surface area contributed by atoms with E-state index in [2.05, 4.69) is 0 Å². The summed E-state index contributed by atoms with van der Waals surface area (Å²) in [6.07, 6.45) is 1.52. The summed E-state index contributed by atoms with van der Waals surface area (Å²) >= 11 is 6.65. The maximum atomic E-state index is 13.3. The van der Waals surface area contributed by atoms with E-state index in [4.69, 9.17) is 16.0 Å². The highest BCUT2D eigenvalue weighted by atomic mass is 35.5. The van der Waals surface area contributed by atoms with Gasteiger partial charge in [0.2, 0.25) is 0 Å². The highest BCUT2D eigenvalue weighted by Gasteiger charge is 2.36. The number of amides is 2. The average Bonchev–Trinajstić information content (AvgIpc) is 3.23. The van der Waals surface area contributed by atoms with Crippen LogP contribution in [0.4, 0.5) is 14.9 Å². The van der Waals surface area contributed by atoms with Crippen molar-refractivity contribution >= 4 is 46.3 Å². The Bertz CT molecular complexity index is 1080. The van der Waals surface area contributed by atoms with Crippen molar-refractivity contribution in [1.29, 1.82) is 0 Å². The highest BCUT2D eigenvalue weighted by molar-refractivity contribution is 8.19. The Labute approximate surface area is 163 Å². The molecule has 27 heavy (non-hydrogen) atoms. The third-order valence-corrected chi connectivity index (χ3v) is 5.07. The average molecular weight is 400 g/mol. The zero-order valence-corrected chi connectivity index (χ0v) is 15.3. The van der Waals surface area contributed by atoms with Gasteiger partial charge in [-0.25, -0.2) is 9.29 Å². The number of hydrogen-bond donors (Lipinski definition) is 0. The first-order valence-electron chi connectivity index (χ1n) is 7.91. The number of anilines is 1. The summed E-state index contributed by atoms with van der Waals surface area (Å²) in [7, 11) is 0. The molecule has 1 fully saturated rings. The number of para-hydroxylation sites is 1. The van der Waals surface area contributed by atoms with Crippen LogP contribution in [0.2, 0.25) is 5.02 Å². The van der Waals surface area contributed by atoms with Crippen molar-refractivity contribution in [3.8, 4) is 11.3 Å². The van der Waals surface area contributed by atoms with E-state index in [9.17, 15) is 14.0 Å². The summed E-state index contributed by atoms with van der Waals surface area (Å²) in [5, 5.41) is -0.371.